The summed E-state index contributed by atoms with van der Waals surface area (Å²) in [6.45, 7) is 12.1. The zero-order valence-electron chi connectivity index (χ0n) is 9.84. The highest BCUT2D eigenvalue weighted by molar-refractivity contribution is 4.92. The maximum absolute atomic E-state index is 3.66. The van der Waals surface area contributed by atoms with Crippen LogP contribution in [0, 0.1) is 11.3 Å². The van der Waals surface area contributed by atoms with E-state index in [2.05, 4.69) is 31.0 Å². The van der Waals surface area contributed by atoms with E-state index in [1.165, 1.54) is 39.0 Å². The van der Waals surface area contributed by atoms with Crippen molar-refractivity contribution >= 4 is 0 Å². The van der Waals surface area contributed by atoms with Crippen molar-refractivity contribution in [3.05, 3.63) is 0 Å². The average molecular weight is 196 g/mol. The van der Waals surface area contributed by atoms with Crippen molar-refractivity contribution in [1.29, 1.82) is 0 Å². The fourth-order valence-electron chi connectivity index (χ4n) is 2.94. The van der Waals surface area contributed by atoms with E-state index in [0.717, 1.165) is 12.0 Å². The first-order valence-corrected chi connectivity index (χ1v) is 6.00. The molecule has 0 bridgehead atoms. The lowest BCUT2D eigenvalue weighted by Crippen LogP contribution is -2.41. The number of piperidine rings is 1. The summed E-state index contributed by atoms with van der Waals surface area (Å²) >= 11 is 0. The van der Waals surface area contributed by atoms with Crippen molar-refractivity contribution < 1.29 is 0 Å². The van der Waals surface area contributed by atoms with Crippen LogP contribution in [0.3, 0.4) is 0 Å². The molecule has 2 saturated heterocycles. The Kier molecular flexibility index (Phi) is 2.85. The third-order valence-electron chi connectivity index (χ3n) is 3.37. The molecule has 0 aromatic carbocycles. The van der Waals surface area contributed by atoms with E-state index < -0.39 is 0 Å². The van der Waals surface area contributed by atoms with Crippen molar-refractivity contribution in [3.8, 4) is 0 Å². The third kappa shape index (κ3) is 2.48. The molecule has 82 valence electrons. The number of nitrogens with zero attached hydrogens (tertiary/aromatic N) is 1. The summed E-state index contributed by atoms with van der Waals surface area (Å²) in [5.41, 5.74) is 0.452. The van der Waals surface area contributed by atoms with Crippen molar-refractivity contribution in [1.82, 2.24) is 10.2 Å². The summed E-state index contributed by atoms with van der Waals surface area (Å²) in [5.74, 6) is 0.936. The largest absolute Gasteiger partial charge is 0.312 e. The molecule has 2 aliphatic heterocycles. The fourth-order valence-corrected chi connectivity index (χ4v) is 2.94. The zero-order valence-corrected chi connectivity index (χ0v) is 9.84. The van der Waals surface area contributed by atoms with Crippen LogP contribution >= 0.6 is 0 Å². The van der Waals surface area contributed by atoms with E-state index in [9.17, 15) is 0 Å². The highest BCUT2D eigenvalue weighted by atomic mass is 15.2. The molecular weight excluding hydrogens is 172 g/mol. The molecule has 0 aliphatic carbocycles. The van der Waals surface area contributed by atoms with Crippen LogP contribution in [0.4, 0.5) is 0 Å². The van der Waals surface area contributed by atoms with Gasteiger partial charge in [-0.05, 0) is 30.7 Å². The second-order valence-electron chi connectivity index (χ2n) is 6.22. The minimum atomic E-state index is 0.452. The molecule has 2 rings (SSSR count). The van der Waals surface area contributed by atoms with E-state index in [1.54, 1.807) is 0 Å². The highest BCUT2D eigenvalue weighted by Gasteiger charge is 2.35. The lowest BCUT2D eigenvalue weighted by Gasteiger charge is -2.26. The molecule has 0 spiro atoms. The number of rotatable bonds is 1. The third-order valence-corrected chi connectivity index (χ3v) is 3.37. The molecule has 14 heavy (non-hydrogen) atoms. The fraction of sp³-hybridized carbons (Fsp3) is 1.00. The predicted octanol–water partition coefficient (Wildman–Crippen LogP) is 1.72. The Morgan fingerprint density at radius 2 is 2.07 bits per heavy atom. The van der Waals surface area contributed by atoms with Gasteiger partial charge in [0.05, 0.1) is 0 Å². The average Bonchev–Trinajstić information content (AvgIpc) is 2.42. The Labute approximate surface area is 88.1 Å². The lowest BCUT2D eigenvalue weighted by atomic mass is 9.94. The first-order valence-electron chi connectivity index (χ1n) is 6.00. The van der Waals surface area contributed by atoms with Gasteiger partial charge in [-0.3, -0.25) is 0 Å². The van der Waals surface area contributed by atoms with E-state index in [-0.39, 0.29) is 0 Å². The molecule has 2 fully saturated rings. The zero-order chi connectivity index (χ0) is 10.2. The number of fused-ring (bicyclic) bond motifs is 1. The summed E-state index contributed by atoms with van der Waals surface area (Å²) in [5, 5.41) is 3.66. The summed E-state index contributed by atoms with van der Waals surface area (Å²) in [4.78, 5) is 2.65. The second kappa shape index (κ2) is 3.82. The van der Waals surface area contributed by atoms with Gasteiger partial charge in [0, 0.05) is 25.7 Å². The Bertz CT molecular complexity index is 181. The molecule has 2 nitrogen and oxygen atoms in total. The normalized spacial score (nSPS) is 34.5. The molecule has 0 radical (unpaired) electrons. The Balaban J connectivity index is 1.87. The summed E-state index contributed by atoms with van der Waals surface area (Å²) in [6.07, 6.45) is 2.82. The molecular formula is C12H24N2. The number of likely N-dealkylation sites (tertiary alicyclic amines) is 1. The van der Waals surface area contributed by atoms with Crippen molar-refractivity contribution in [2.45, 2.75) is 39.7 Å². The summed E-state index contributed by atoms with van der Waals surface area (Å²) < 4.78 is 0. The maximum atomic E-state index is 3.66. The first kappa shape index (κ1) is 10.4. The van der Waals surface area contributed by atoms with Gasteiger partial charge in [0.1, 0.15) is 0 Å². The van der Waals surface area contributed by atoms with Crippen LogP contribution in [0.5, 0.6) is 0 Å². The van der Waals surface area contributed by atoms with Crippen molar-refractivity contribution in [2.24, 2.45) is 11.3 Å². The molecule has 0 aromatic heterocycles. The van der Waals surface area contributed by atoms with Gasteiger partial charge in [-0.2, -0.15) is 0 Å². The van der Waals surface area contributed by atoms with Gasteiger partial charge in [-0.15, -0.1) is 0 Å². The van der Waals surface area contributed by atoms with Gasteiger partial charge in [-0.25, -0.2) is 0 Å². The van der Waals surface area contributed by atoms with Gasteiger partial charge >= 0.3 is 0 Å². The van der Waals surface area contributed by atoms with Crippen LogP contribution in [-0.4, -0.2) is 37.1 Å². The molecule has 0 aromatic rings. The van der Waals surface area contributed by atoms with Crippen LogP contribution < -0.4 is 5.32 Å². The number of hydrogen-bond donors (Lipinski definition) is 1. The van der Waals surface area contributed by atoms with Crippen LogP contribution in [0.15, 0.2) is 0 Å². The molecule has 2 aliphatic rings. The molecule has 2 heterocycles. The molecule has 1 N–H and O–H groups in total. The second-order valence-corrected chi connectivity index (χ2v) is 6.22. The summed E-state index contributed by atoms with van der Waals surface area (Å²) in [6, 6.07) is 0.797. The van der Waals surface area contributed by atoms with Crippen LogP contribution in [0.1, 0.15) is 33.6 Å². The Hall–Kier alpha value is -0.0800. The van der Waals surface area contributed by atoms with Crippen molar-refractivity contribution in [3.63, 3.8) is 0 Å². The van der Waals surface area contributed by atoms with Crippen molar-refractivity contribution in [2.75, 3.05) is 26.2 Å². The number of hydrogen-bond acceptors (Lipinski definition) is 2. The van der Waals surface area contributed by atoms with Gasteiger partial charge in [-0.1, -0.05) is 20.8 Å². The van der Waals surface area contributed by atoms with E-state index in [4.69, 9.17) is 0 Å². The van der Waals surface area contributed by atoms with Crippen LogP contribution in [0.2, 0.25) is 0 Å². The van der Waals surface area contributed by atoms with Gasteiger partial charge < -0.3 is 10.2 Å². The molecule has 2 heteroatoms. The molecule has 0 unspecified atom stereocenters. The number of nitrogens with one attached hydrogen (secondary N) is 1. The summed E-state index contributed by atoms with van der Waals surface area (Å²) in [7, 11) is 0. The van der Waals surface area contributed by atoms with Gasteiger partial charge in [0.15, 0.2) is 0 Å². The van der Waals surface area contributed by atoms with E-state index in [1.807, 2.05) is 0 Å². The monoisotopic (exact) mass is 196 g/mol. The molecule has 0 amide bonds. The smallest absolute Gasteiger partial charge is 0.0235 e. The van der Waals surface area contributed by atoms with E-state index in [0.29, 0.717) is 5.41 Å². The maximum Gasteiger partial charge on any atom is 0.0235 e. The standard InChI is InChI=1S/C12H24N2/c1-12(2,3)9-14-7-10-5-4-6-13-11(10)8-14/h10-11,13H,4-9H2,1-3H3/t10-,11+/m0/s1. The molecule has 0 saturated carbocycles. The SMILES string of the molecule is CC(C)(C)CN1C[C@@H]2CCCN[C@@H]2C1. The van der Waals surface area contributed by atoms with Gasteiger partial charge in [0.2, 0.25) is 0 Å². The highest BCUT2D eigenvalue weighted by Crippen LogP contribution is 2.27. The first-order chi connectivity index (χ1) is 6.54. The Morgan fingerprint density at radius 3 is 2.71 bits per heavy atom. The Morgan fingerprint density at radius 1 is 1.29 bits per heavy atom. The predicted molar refractivity (Wildman–Crippen MR) is 60.4 cm³/mol. The molecule has 2 atom stereocenters. The van der Waals surface area contributed by atoms with E-state index >= 15 is 0 Å². The minimum Gasteiger partial charge on any atom is -0.312 e. The van der Waals surface area contributed by atoms with Crippen LogP contribution in [0.25, 0.3) is 0 Å². The topological polar surface area (TPSA) is 15.3 Å². The minimum absolute atomic E-state index is 0.452. The lowest BCUT2D eigenvalue weighted by molar-refractivity contribution is 0.219. The quantitative estimate of drug-likeness (QED) is 0.687. The van der Waals surface area contributed by atoms with Gasteiger partial charge in [0.25, 0.3) is 0 Å². The van der Waals surface area contributed by atoms with Crippen LogP contribution in [-0.2, 0) is 0 Å².